The van der Waals surface area contributed by atoms with Crippen molar-refractivity contribution in [2.45, 2.75) is 6.17 Å². The highest BCUT2D eigenvalue weighted by molar-refractivity contribution is 7.16. The molecule has 0 fully saturated rings. The molecule has 0 bridgehead atoms. The molecule has 5 heteroatoms. The van der Waals surface area contributed by atoms with E-state index in [0.29, 0.717) is 0 Å². The molecule has 1 aromatic heterocycles. The van der Waals surface area contributed by atoms with Gasteiger partial charge >= 0.3 is 0 Å². The lowest BCUT2D eigenvalue weighted by molar-refractivity contribution is 0.586. The molecule has 0 radical (unpaired) electrons. The molecule has 1 heterocycles. The second kappa shape index (κ2) is 3.32. The predicted octanol–water partition coefficient (Wildman–Crippen LogP) is 0.822. The topological polar surface area (TPSA) is 64.1 Å². The minimum absolute atomic E-state index is 0.308. The first-order chi connectivity index (χ1) is 4.74. The summed E-state index contributed by atoms with van der Waals surface area (Å²) in [5.41, 5.74) is 7.95. The fraction of sp³-hybridized carbons (Fsp3) is 0.200. The molecule has 0 aromatic carbocycles. The van der Waals surface area contributed by atoms with Crippen LogP contribution in [0.2, 0.25) is 4.34 Å². The highest BCUT2D eigenvalue weighted by atomic mass is 35.5. The van der Waals surface area contributed by atoms with Gasteiger partial charge in [-0.25, -0.2) is 5.43 Å². The Kier molecular flexibility index (Phi) is 2.64. The van der Waals surface area contributed by atoms with Gasteiger partial charge in [0.2, 0.25) is 0 Å². The van der Waals surface area contributed by atoms with E-state index in [4.69, 9.17) is 23.2 Å². The van der Waals surface area contributed by atoms with Crippen molar-refractivity contribution in [3.63, 3.8) is 0 Å². The van der Waals surface area contributed by atoms with Crippen LogP contribution in [-0.4, -0.2) is 0 Å². The molecule has 0 saturated carbocycles. The fourth-order valence-electron chi connectivity index (χ4n) is 0.578. The van der Waals surface area contributed by atoms with Crippen LogP contribution in [0.1, 0.15) is 11.0 Å². The van der Waals surface area contributed by atoms with Crippen molar-refractivity contribution in [1.29, 1.82) is 0 Å². The van der Waals surface area contributed by atoms with E-state index in [2.05, 4.69) is 5.43 Å². The summed E-state index contributed by atoms with van der Waals surface area (Å²) >= 11 is 7.07. The van der Waals surface area contributed by atoms with Crippen molar-refractivity contribution in [2.75, 3.05) is 0 Å². The lowest BCUT2D eigenvalue weighted by atomic mass is 10.4. The van der Waals surface area contributed by atoms with Gasteiger partial charge < -0.3 is 5.73 Å². The third-order valence-electron chi connectivity index (χ3n) is 1.08. The highest BCUT2D eigenvalue weighted by Crippen LogP contribution is 2.23. The smallest absolute Gasteiger partial charge is 0.103 e. The summed E-state index contributed by atoms with van der Waals surface area (Å²) in [6.45, 7) is 0. The van der Waals surface area contributed by atoms with Gasteiger partial charge in [0, 0.05) is 4.88 Å². The number of nitrogens with one attached hydrogen (secondary N) is 1. The maximum Gasteiger partial charge on any atom is 0.103 e. The summed E-state index contributed by atoms with van der Waals surface area (Å²) in [6, 6.07) is 3.64. The molecule has 1 unspecified atom stereocenters. The molecule has 10 heavy (non-hydrogen) atoms. The molecule has 1 aromatic rings. The third-order valence-corrected chi connectivity index (χ3v) is 2.39. The van der Waals surface area contributed by atoms with E-state index in [9.17, 15) is 0 Å². The van der Waals surface area contributed by atoms with Crippen molar-refractivity contribution < 1.29 is 0 Å². The summed E-state index contributed by atoms with van der Waals surface area (Å²) in [5, 5.41) is 0. The molecule has 0 aliphatic rings. The number of hydrogen-bond donors (Lipinski definition) is 3. The van der Waals surface area contributed by atoms with Gasteiger partial charge in [-0.15, -0.1) is 11.3 Å². The molecular formula is C5H8ClN3S. The lowest BCUT2D eigenvalue weighted by Crippen LogP contribution is -2.33. The number of rotatable bonds is 2. The fourth-order valence-corrected chi connectivity index (χ4v) is 1.60. The van der Waals surface area contributed by atoms with Crippen molar-refractivity contribution in [3.8, 4) is 0 Å². The zero-order valence-corrected chi connectivity index (χ0v) is 6.75. The van der Waals surface area contributed by atoms with Crippen molar-refractivity contribution in [2.24, 2.45) is 11.6 Å². The van der Waals surface area contributed by atoms with Crippen LogP contribution in [0, 0.1) is 0 Å². The monoisotopic (exact) mass is 177 g/mol. The number of hydrogen-bond acceptors (Lipinski definition) is 4. The van der Waals surface area contributed by atoms with E-state index in [1.807, 2.05) is 6.07 Å². The van der Waals surface area contributed by atoms with Crippen LogP contribution >= 0.6 is 22.9 Å². The molecule has 0 saturated heterocycles. The van der Waals surface area contributed by atoms with Crippen LogP contribution in [0.4, 0.5) is 0 Å². The van der Waals surface area contributed by atoms with E-state index in [-0.39, 0.29) is 6.17 Å². The second-order valence-corrected chi connectivity index (χ2v) is 3.53. The maximum absolute atomic E-state index is 5.66. The molecule has 0 aliphatic heterocycles. The summed E-state index contributed by atoms with van der Waals surface area (Å²) in [6.07, 6.45) is -0.308. The standard InChI is InChI=1S/C5H8ClN3S/c6-4-2-1-3(10-4)5(7)9-8/h1-2,5,9H,7-8H2. The van der Waals surface area contributed by atoms with Gasteiger partial charge in [0.15, 0.2) is 0 Å². The van der Waals surface area contributed by atoms with Crippen LogP contribution in [0.25, 0.3) is 0 Å². The van der Waals surface area contributed by atoms with E-state index in [1.165, 1.54) is 11.3 Å². The Balaban J connectivity index is 2.74. The Morgan fingerprint density at radius 3 is 2.70 bits per heavy atom. The first kappa shape index (κ1) is 7.97. The molecule has 5 N–H and O–H groups in total. The average molecular weight is 178 g/mol. The number of hydrazine groups is 1. The molecule has 0 amide bonds. The number of thiophene rings is 1. The lowest BCUT2D eigenvalue weighted by Gasteiger charge is -2.04. The van der Waals surface area contributed by atoms with E-state index in [1.54, 1.807) is 6.07 Å². The van der Waals surface area contributed by atoms with Crippen LogP contribution in [0.15, 0.2) is 12.1 Å². The molecule has 3 nitrogen and oxygen atoms in total. The second-order valence-electron chi connectivity index (χ2n) is 1.79. The van der Waals surface area contributed by atoms with Gasteiger partial charge in [0.05, 0.1) is 4.34 Å². The van der Waals surface area contributed by atoms with E-state index < -0.39 is 0 Å². The first-order valence-electron chi connectivity index (χ1n) is 2.71. The largest absolute Gasteiger partial charge is 0.310 e. The van der Waals surface area contributed by atoms with Gasteiger partial charge in [0.1, 0.15) is 6.17 Å². The van der Waals surface area contributed by atoms with Crippen molar-refractivity contribution >= 4 is 22.9 Å². The van der Waals surface area contributed by atoms with Crippen LogP contribution in [0.5, 0.6) is 0 Å². The van der Waals surface area contributed by atoms with Crippen LogP contribution < -0.4 is 17.0 Å². The molecule has 0 aliphatic carbocycles. The summed E-state index contributed by atoms with van der Waals surface area (Å²) in [7, 11) is 0. The zero-order chi connectivity index (χ0) is 7.56. The van der Waals surface area contributed by atoms with Gasteiger partial charge in [-0.05, 0) is 12.1 Å². The summed E-state index contributed by atoms with van der Waals surface area (Å²) in [4.78, 5) is 0.938. The Bertz CT molecular complexity index is 212. The molecule has 56 valence electrons. The van der Waals surface area contributed by atoms with Crippen LogP contribution in [-0.2, 0) is 0 Å². The summed E-state index contributed by atoms with van der Waals surface area (Å²) < 4.78 is 0.723. The molecule has 1 rings (SSSR count). The van der Waals surface area contributed by atoms with Crippen molar-refractivity contribution in [1.82, 2.24) is 5.43 Å². The average Bonchev–Trinajstić information content (AvgIpc) is 2.34. The predicted molar refractivity (Wildman–Crippen MR) is 43.6 cm³/mol. The normalized spacial score (nSPS) is 13.5. The quantitative estimate of drug-likeness (QED) is 0.356. The third kappa shape index (κ3) is 1.68. The molecular weight excluding hydrogens is 170 g/mol. The SMILES string of the molecule is NNC(N)c1ccc(Cl)s1. The van der Waals surface area contributed by atoms with Gasteiger partial charge in [0.25, 0.3) is 0 Å². The van der Waals surface area contributed by atoms with E-state index >= 15 is 0 Å². The number of nitrogens with two attached hydrogens (primary N) is 2. The minimum atomic E-state index is -0.308. The van der Waals surface area contributed by atoms with Crippen molar-refractivity contribution in [3.05, 3.63) is 21.3 Å². The van der Waals surface area contributed by atoms with Gasteiger partial charge in [-0.2, -0.15) is 0 Å². The molecule has 1 atom stereocenters. The summed E-state index contributed by atoms with van der Waals surface area (Å²) in [5.74, 6) is 5.10. The number of halogens is 1. The zero-order valence-electron chi connectivity index (χ0n) is 5.17. The molecule has 0 spiro atoms. The minimum Gasteiger partial charge on any atom is -0.310 e. The Morgan fingerprint density at radius 1 is 1.60 bits per heavy atom. The Labute approximate surface area is 67.9 Å². The Morgan fingerprint density at radius 2 is 2.30 bits per heavy atom. The Hall–Kier alpha value is -0.130. The maximum atomic E-state index is 5.66. The van der Waals surface area contributed by atoms with E-state index in [0.717, 1.165) is 9.21 Å². The van der Waals surface area contributed by atoms with Gasteiger partial charge in [-0.1, -0.05) is 11.6 Å². The first-order valence-corrected chi connectivity index (χ1v) is 3.90. The highest BCUT2D eigenvalue weighted by Gasteiger charge is 2.04. The van der Waals surface area contributed by atoms with Gasteiger partial charge in [-0.3, -0.25) is 5.84 Å². The van der Waals surface area contributed by atoms with Crippen LogP contribution in [0.3, 0.4) is 0 Å².